The summed E-state index contributed by atoms with van der Waals surface area (Å²) in [5, 5.41) is 2.89. The summed E-state index contributed by atoms with van der Waals surface area (Å²) in [5.41, 5.74) is 2.34. The Hall–Kier alpha value is -3.15. The quantitative estimate of drug-likeness (QED) is 0.796. The fourth-order valence-corrected chi connectivity index (χ4v) is 3.14. The van der Waals surface area contributed by atoms with Gasteiger partial charge in [-0.25, -0.2) is 9.37 Å². The zero-order chi connectivity index (χ0) is 17.4. The van der Waals surface area contributed by atoms with Gasteiger partial charge in [-0.2, -0.15) is 0 Å². The minimum atomic E-state index is -0.320. The Morgan fingerprint density at radius 1 is 1.24 bits per heavy atom. The number of nitrogens with zero attached hydrogens (tertiary/aromatic N) is 2. The summed E-state index contributed by atoms with van der Waals surface area (Å²) in [6.07, 6.45) is 1.92. The van der Waals surface area contributed by atoms with Gasteiger partial charge < -0.3 is 10.1 Å². The largest absolute Gasteiger partial charge is 0.497 e. The van der Waals surface area contributed by atoms with Gasteiger partial charge in [0.2, 0.25) is 5.91 Å². The second kappa shape index (κ2) is 6.05. The highest BCUT2D eigenvalue weighted by molar-refractivity contribution is 5.94. The molecule has 1 aliphatic rings. The Morgan fingerprint density at radius 2 is 2.04 bits per heavy atom. The first kappa shape index (κ1) is 15.4. The molecular weight excluding hydrogens is 321 g/mol. The van der Waals surface area contributed by atoms with Crippen LogP contribution in [-0.2, 0) is 4.79 Å². The molecule has 0 saturated carbocycles. The fourth-order valence-electron chi connectivity index (χ4n) is 3.14. The molecule has 2 heterocycles. The van der Waals surface area contributed by atoms with Crippen LogP contribution in [-0.4, -0.2) is 22.6 Å². The highest BCUT2D eigenvalue weighted by Crippen LogP contribution is 2.37. The van der Waals surface area contributed by atoms with E-state index in [0.29, 0.717) is 5.82 Å². The highest BCUT2D eigenvalue weighted by atomic mass is 19.1. The van der Waals surface area contributed by atoms with Crippen molar-refractivity contribution in [1.82, 2.24) is 9.55 Å². The lowest BCUT2D eigenvalue weighted by Gasteiger charge is -2.23. The van der Waals surface area contributed by atoms with Gasteiger partial charge in [0, 0.05) is 18.0 Å². The molecule has 1 N–H and O–H groups in total. The van der Waals surface area contributed by atoms with Gasteiger partial charge in [-0.15, -0.1) is 0 Å². The molecule has 126 valence electrons. The maximum atomic E-state index is 13.6. The predicted molar refractivity (Wildman–Crippen MR) is 91.6 cm³/mol. The van der Waals surface area contributed by atoms with Crippen molar-refractivity contribution in [2.45, 2.75) is 12.3 Å². The van der Waals surface area contributed by atoms with Gasteiger partial charge in [0.05, 0.1) is 12.8 Å². The number of ether oxygens (including phenoxy) is 1. The van der Waals surface area contributed by atoms with Crippen LogP contribution in [0.15, 0.2) is 54.9 Å². The second-order valence-electron chi connectivity index (χ2n) is 5.91. The molecule has 1 atom stereocenters. The number of carbonyl (C=O) groups is 1. The highest BCUT2D eigenvalue weighted by Gasteiger charge is 2.31. The molecule has 0 bridgehead atoms. The average molecular weight is 337 g/mol. The van der Waals surface area contributed by atoms with Crippen molar-refractivity contribution in [3.63, 3.8) is 0 Å². The lowest BCUT2D eigenvalue weighted by atomic mass is 9.90. The normalized spacial score (nSPS) is 16.2. The molecule has 0 radical (unpaired) electrons. The van der Waals surface area contributed by atoms with Crippen molar-refractivity contribution in [3.05, 3.63) is 71.9 Å². The molecule has 0 spiro atoms. The number of halogens is 1. The topological polar surface area (TPSA) is 56.1 Å². The summed E-state index contributed by atoms with van der Waals surface area (Å²) < 4.78 is 20.6. The molecule has 2 aromatic carbocycles. The Balaban J connectivity index is 1.78. The van der Waals surface area contributed by atoms with Gasteiger partial charge in [0.25, 0.3) is 0 Å². The standard InChI is InChI=1S/C19H16FN3O2/c1-25-15-7-5-14(6-8-15)23-11-21-18-16(10-17(24)22-19(18)23)12-3-2-4-13(20)9-12/h2-9,11,16H,10H2,1H3,(H,22,24)/t16-/m1/s1. The molecule has 4 rings (SSSR count). The van der Waals surface area contributed by atoms with E-state index < -0.39 is 0 Å². The average Bonchev–Trinajstić information content (AvgIpc) is 3.04. The summed E-state index contributed by atoms with van der Waals surface area (Å²) in [6.45, 7) is 0. The van der Waals surface area contributed by atoms with E-state index in [-0.39, 0.29) is 24.1 Å². The molecule has 0 unspecified atom stereocenters. The van der Waals surface area contributed by atoms with Crippen molar-refractivity contribution < 1.29 is 13.9 Å². The number of benzene rings is 2. The number of aromatic nitrogens is 2. The van der Waals surface area contributed by atoms with Gasteiger partial charge in [-0.05, 0) is 42.0 Å². The number of methoxy groups -OCH3 is 1. The Labute approximate surface area is 144 Å². The maximum Gasteiger partial charge on any atom is 0.226 e. The lowest BCUT2D eigenvalue weighted by molar-refractivity contribution is -0.116. The van der Waals surface area contributed by atoms with E-state index in [1.165, 1.54) is 12.1 Å². The first-order chi connectivity index (χ1) is 12.2. The van der Waals surface area contributed by atoms with E-state index in [4.69, 9.17) is 4.74 Å². The molecular formula is C19H16FN3O2. The van der Waals surface area contributed by atoms with E-state index >= 15 is 0 Å². The zero-order valence-electron chi connectivity index (χ0n) is 13.6. The monoisotopic (exact) mass is 337 g/mol. The molecule has 1 aliphatic heterocycles. The van der Waals surface area contributed by atoms with E-state index in [9.17, 15) is 9.18 Å². The van der Waals surface area contributed by atoms with Crippen LogP contribution >= 0.6 is 0 Å². The van der Waals surface area contributed by atoms with Crippen LogP contribution in [0.3, 0.4) is 0 Å². The van der Waals surface area contributed by atoms with Crippen LogP contribution in [0.25, 0.3) is 5.69 Å². The third-order valence-corrected chi connectivity index (χ3v) is 4.37. The van der Waals surface area contributed by atoms with Crippen molar-refractivity contribution in [2.24, 2.45) is 0 Å². The van der Waals surface area contributed by atoms with Crippen LogP contribution in [0.1, 0.15) is 23.6 Å². The number of carbonyl (C=O) groups excluding carboxylic acids is 1. The van der Waals surface area contributed by atoms with Gasteiger partial charge in [0.1, 0.15) is 23.7 Å². The number of anilines is 1. The van der Waals surface area contributed by atoms with Crippen LogP contribution in [0, 0.1) is 5.82 Å². The number of fused-ring (bicyclic) bond motifs is 1. The predicted octanol–water partition coefficient (Wildman–Crippen LogP) is 3.49. The SMILES string of the molecule is COc1ccc(-n2cnc3c2NC(=O)C[C@@H]3c2cccc(F)c2)cc1. The molecule has 5 nitrogen and oxygen atoms in total. The third-order valence-electron chi connectivity index (χ3n) is 4.37. The van der Waals surface area contributed by atoms with Crippen molar-refractivity contribution in [2.75, 3.05) is 12.4 Å². The molecule has 0 saturated heterocycles. The first-order valence-corrected chi connectivity index (χ1v) is 7.92. The number of rotatable bonds is 3. The molecule has 1 aromatic heterocycles. The van der Waals surface area contributed by atoms with Crippen molar-refractivity contribution in [3.8, 4) is 11.4 Å². The van der Waals surface area contributed by atoms with Gasteiger partial charge in [-0.1, -0.05) is 12.1 Å². The Morgan fingerprint density at radius 3 is 2.76 bits per heavy atom. The number of imidazole rings is 1. The van der Waals surface area contributed by atoms with Crippen molar-refractivity contribution >= 4 is 11.7 Å². The maximum absolute atomic E-state index is 13.6. The van der Waals surface area contributed by atoms with Gasteiger partial charge >= 0.3 is 0 Å². The van der Waals surface area contributed by atoms with Gasteiger partial charge in [-0.3, -0.25) is 9.36 Å². The van der Waals surface area contributed by atoms with E-state index in [2.05, 4.69) is 10.3 Å². The molecule has 6 heteroatoms. The Bertz CT molecular complexity index is 934. The van der Waals surface area contributed by atoms with Crippen LogP contribution in [0.4, 0.5) is 10.2 Å². The summed E-state index contributed by atoms with van der Waals surface area (Å²) >= 11 is 0. The molecule has 0 fully saturated rings. The smallest absolute Gasteiger partial charge is 0.226 e. The van der Waals surface area contributed by atoms with Gasteiger partial charge in [0.15, 0.2) is 0 Å². The zero-order valence-corrected chi connectivity index (χ0v) is 13.6. The third kappa shape index (κ3) is 2.76. The van der Waals surface area contributed by atoms with E-state index in [0.717, 1.165) is 22.7 Å². The number of amides is 1. The minimum absolute atomic E-state index is 0.114. The molecule has 0 aliphatic carbocycles. The van der Waals surface area contributed by atoms with Crippen LogP contribution in [0.5, 0.6) is 5.75 Å². The summed E-state index contributed by atoms with van der Waals surface area (Å²) in [4.78, 5) is 16.7. The van der Waals surface area contributed by atoms with Crippen LogP contribution < -0.4 is 10.1 Å². The summed E-state index contributed by atoms with van der Waals surface area (Å²) in [5.74, 6) is 0.672. The fraction of sp³-hybridized carbons (Fsp3) is 0.158. The number of hydrogen-bond acceptors (Lipinski definition) is 3. The summed E-state index contributed by atoms with van der Waals surface area (Å²) in [6, 6.07) is 13.8. The summed E-state index contributed by atoms with van der Waals surface area (Å²) in [7, 11) is 1.61. The number of hydrogen-bond donors (Lipinski definition) is 1. The minimum Gasteiger partial charge on any atom is -0.497 e. The Kier molecular flexibility index (Phi) is 3.72. The molecule has 25 heavy (non-hydrogen) atoms. The molecule has 1 amide bonds. The van der Waals surface area contributed by atoms with E-state index in [1.54, 1.807) is 19.5 Å². The molecule has 3 aromatic rings. The van der Waals surface area contributed by atoms with E-state index in [1.807, 2.05) is 34.9 Å². The van der Waals surface area contributed by atoms with Crippen LogP contribution in [0.2, 0.25) is 0 Å². The van der Waals surface area contributed by atoms with Crippen molar-refractivity contribution in [1.29, 1.82) is 0 Å². The number of nitrogens with one attached hydrogen (secondary N) is 1. The second-order valence-corrected chi connectivity index (χ2v) is 5.91. The lowest BCUT2D eigenvalue weighted by Crippen LogP contribution is -2.25. The first-order valence-electron chi connectivity index (χ1n) is 7.92.